The molecule has 0 aliphatic carbocycles. The second-order valence-corrected chi connectivity index (χ2v) is 3.28. The van der Waals surface area contributed by atoms with Crippen molar-refractivity contribution < 1.29 is 14.7 Å². The molecule has 0 amide bonds. The summed E-state index contributed by atoms with van der Waals surface area (Å²) in [6, 6.07) is 0. The topological polar surface area (TPSA) is 61.6 Å². The van der Waals surface area contributed by atoms with Gasteiger partial charge in [-0.25, -0.2) is 0 Å². The van der Waals surface area contributed by atoms with Crippen molar-refractivity contribution in [2.45, 2.75) is 33.3 Å². The van der Waals surface area contributed by atoms with Crippen molar-refractivity contribution in [3.8, 4) is 0 Å². The summed E-state index contributed by atoms with van der Waals surface area (Å²) >= 11 is 0. The molecule has 0 heterocycles. The van der Waals surface area contributed by atoms with E-state index in [0.717, 1.165) is 6.42 Å². The average molecular weight is 191 g/mol. The monoisotopic (exact) mass is 191 g/mol. The molecule has 0 saturated carbocycles. The largest absolute Gasteiger partial charge is 0.376 e. The van der Waals surface area contributed by atoms with E-state index in [1.54, 1.807) is 0 Å². The van der Waals surface area contributed by atoms with Gasteiger partial charge in [-0.3, -0.25) is 0 Å². The normalized spacial score (nSPS) is 12.9. The lowest BCUT2D eigenvalue weighted by Gasteiger charge is -2.16. The maximum absolute atomic E-state index is 9.89. The maximum Gasteiger partial charge on any atom is 0.294 e. The fourth-order valence-electron chi connectivity index (χ4n) is 0.756. The van der Waals surface area contributed by atoms with Crippen LogP contribution in [0.5, 0.6) is 0 Å². The van der Waals surface area contributed by atoms with Crippen molar-refractivity contribution in [1.82, 2.24) is 0 Å². The van der Waals surface area contributed by atoms with Crippen LogP contribution < -0.4 is 0 Å². The zero-order valence-electron chi connectivity index (χ0n) is 8.36. The smallest absolute Gasteiger partial charge is 0.294 e. The van der Waals surface area contributed by atoms with Crippen LogP contribution in [0.15, 0.2) is 0 Å². The molecule has 0 aliphatic rings. The quantitative estimate of drug-likeness (QED) is 0.453. The first-order valence-electron chi connectivity index (χ1n) is 4.45. The molecule has 0 aromatic carbocycles. The Morgan fingerprint density at radius 1 is 1.38 bits per heavy atom. The van der Waals surface area contributed by atoms with E-state index >= 15 is 0 Å². The van der Waals surface area contributed by atoms with Crippen LogP contribution in [0.4, 0.5) is 0 Å². The molecule has 0 saturated heterocycles. The lowest BCUT2D eigenvalue weighted by Crippen LogP contribution is -2.22. The lowest BCUT2D eigenvalue weighted by atomic mass is 10.2. The van der Waals surface area contributed by atoms with E-state index in [9.17, 15) is 10.1 Å². The van der Waals surface area contributed by atoms with Gasteiger partial charge < -0.3 is 9.57 Å². The highest BCUT2D eigenvalue weighted by atomic mass is 17.0. The minimum Gasteiger partial charge on any atom is -0.376 e. The fourth-order valence-corrected chi connectivity index (χ4v) is 0.756. The molecule has 0 aromatic heterocycles. The van der Waals surface area contributed by atoms with Gasteiger partial charge in [0.1, 0.15) is 6.61 Å². The van der Waals surface area contributed by atoms with E-state index in [-0.39, 0.29) is 12.7 Å². The Labute approximate surface area is 78.1 Å². The predicted molar refractivity (Wildman–Crippen MR) is 47.8 cm³/mol. The molecule has 5 nitrogen and oxygen atoms in total. The van der Waals surface area contributed by atoms with Crippen LogP contribution in [-0.2, 0) is 9.57 Å². The molecule has 0 N–H and O–H groups in total. The van der Waals surface area contributed by atoms with Crippen molar-refractivity contribution in [2.24, 2.45) is 5.92 Å². The number of hydrogen-bond acceptors (Lipinski definition) is 4. The van der Waals surface area contributed by atoms with Crippen molar-refractivity contribution in [1.29, 1.82) is 0 Å². The van der Waals surface area contributed by atoms with Crippen LogP contribution >= 0.6 is 0 Å². The summed E-state index contributed by atoms with van der Waals surface area (Å²) in [5, 5.41) is 9.10. The van der Waals surface area contributed by atoms with E-state index in [2.05, 4.69) is 4.84 Å². The predicted octanol–water partition coefficient (Wildman–Crippen LogP) is 1.65. The van der Waals surface area contributed by atoms with E-state index in [4.69, 9.17) is 4.74 Å². The summed E-state index contributed by atoms with van der Waals surface area (Å²) in [6.45, 7) is 6.60. The standard InChI is InChI=1S/C8H17NO4/c1-4-8(6-13-9(10)11)12-5-7(2)3/h7-8H,4-6H2,1-3H3. The zero-order chi connectivity index (χ0) is 10.3. The number of ether oxygens (including phenoxy) is 1. The molecular weight excluding hydrogens is 174 g/mol. The van der Waals surface area contributed by atoms with Gasteiger partial charge in [-0.2, -0.15) is 0 Å². The SMILES string of the molecule is CCC(CO[N+](=O)[O-])OCC(C)C. The van der Waals surface area contributed by atoms with Crippen LogP contribution in [0.3, 0.4) is 0 Å². The van der Waals surface area contributed by atoms with E-state index in [1.165, 1.54) is 0 Å². The van der Waals surface area contributed by atoms with Crippen molar-refractivity contribution in [3.05, 3.63) is 10.1 Å². The number of nitrogens with zero attached hydrogens (tertiary/aromatic N) is 1. The van der Waals surface area contributed by atoms with Gasteiger partial charge >= 0.3 is 0 Å². The second kappa shape index (κ2) is 6.65. The molecule has 5 heteroatoms. The van der Waals surface area contributed by atoms with Crippen LogP contribution in [0.2, 0.25) is 0 Å². The number of rotatable bonds is 7. The molecule has 0 bridgehead atoms. The van der Waals surface area contributed by atoms with Gasteiger partial charge in [0.05, 0.1) is 6.10 Å². The molecule has 0 fully saturated rings. The van der Waals surface area contributed by atoms with Crippen molar-refractivity contribution in [2.75, 3.05) is 13.2 Å². The van der Waals surface area contributed by atoms with Gasteiger partial charge in [0, 0.05) is 6.61 Å². The van der Waals surface area contributed by atoms with Gasteiger partial charge in [0.2, 0.25) is 0 Å². The van der Waals surface area contributed by atoms with Gasteiger partial charge in [-0.1, -0.05) is 20.8 Å². The summed E-state index contributed by atoms with van der Waals surface area (Å²) in [6.07, 6.45) is 0.549. The van der Waals surface area contributed by atoms with E-state index in [1.807, 2.05) is 20.8 Å². The first-order valence-corrected chi connectivity index (χ1v) is 4.45. The van der Waals surface area contributed by atoms with Crippen LogP contribution in [0.1, 0.15) is 27.2 Å². The van der Waals surface area contributed by atoms with Crippen molar-refractivity contribution >= 4 is 0 Å². The first kappa shape index (κ1) is 12.2. The molecule has 0 radical (unpaired) electrons. The van der Waals surface area contributed by atoms with E-state index < -0.39 is 5.09 Å². The van der Waals surface area contributed by atoms with Gasteiger partial charge in [-0.05, 0) is 12.3 Å². The summed E-state index contributed by atoms with van der Waals surface area (Å²) in [4.78, 5) is 14.1. The maximum atomic E-state index is 9.89. The Balaban J connectivity index is 3.57. The molecule has 0 rings (SSSR count). The zero-order valence-corrected chi connectivity index (χ0v) is 8.36. The minimum atomic E-state index is -0.790. The van der Waals surface area contributed by atoms with Crippen LogP contribution in [0.25, 0.3) is 0 Å². The molecule has 13 heavy (non-hydrogen) atoms. The minimum absolute atomic E-state index is 0.0240. The summed E-state index contributed by atoms with van der Waals surface area (Å²) in [7, 11) is 0. The third-order valence-corrected chi connectivity index (χ3v) is 1.49. The molecule has 1 atom stereocenters. The molecule has 0 aliphatic heterocycles. The average Bonchev–Trinajstić information content (AvgIpc) is 2.04. The highest BCUT2D eigenvalue weighted by Crippen LogP contribution is 2.02. The molecular formula is C8H17NO4. The summed E-state index contributed by atoms with van der Waals surface area (Å²) in [5.41, 5.74) is 0. The van der Waals surface area contributed by atoms with Gasteiger partial charge in [0.15, 0.2) is 0 Å². The number of hydrogen-bond donors (Lipinski definition) is 0. The Kier molecular flexibility index (Phi) is 6.22. The molecule has 78 valence electrons. The first-order chi connectivity index (χ1) is 6.06. The Morgan fingerprint density at radius 3 is 2.38 bits per heavy atom. The Bertz CT molecular complexity index is 149. The molecule has 0 spiro atoms. The Hall–Kier alpha value is -0.840. The third kappa shape index (κ3) is 7.52. The van der Waals surface area contributed by atoms with Gasteiger partial charge in [-0.15, -0.1) is 10.1 Å². The molecule has 1 unspecified atom stereocenters. The van der Waals surface area contributed by atoms with Gasteiger partial charge in [0.25, 0.3) is 5.09 Å². The highest BCUT2D eigenvalue weighted by Gasteiger charge is 2.09. The lowest BCUT2D eigenvalue weighted by molar-refractivity contribution is -0.759. The third-order valence-electron chi connectivity index (χ3n) is 1.49. The van der Waals surface area contributed by atoms with Crippen LogP contribution in [0, 0.1) is 16.0 Å². The Morgan fingerprint density at radius 2 is 2.00 bits per heavy atom. The summed E-state index contributed by atoms with van der Waals surface area (Å²) in [5.74, 6) is 0.435. The van der Waals surface area contributed by atoms with Crippen LogP contribution in [-0.4, -0.2) is 24.4 Å². The van der Waals surface area contributed by atoms with E-state index in [0.29, 0.717) is 12.5 Å². The molecule has 0 aromatic rings. The van der Waals surface area contributed by atoms with Crippen molar-refractivity contribution in [3.63, 3.8) is 0 Å². The second-order valence-electron chi connectivity index (χ2n) is 3.28. The highest BCUT2D eigenvalue weighted by molar-refractivity contribution is 4.53. The fraction of sp³-hybridized carbons (Fsp3) is 1.00. The summed E-state index contributed by atoms with van der Waals surface area (Å²) < 4.78 is 5.37.